The first-order chi connectivity index (χ1) is 9.47. The second kappa shape index (κ2) is 5.64. The summed E-state index contributed by atoms with van der Waals surface area (Å²) in [6.45, 7) is 3.53. The molecule has 0 fully saturated rings. The molecule has 1 heterocycles. The number of anilines is 3. The lowest BCUT2D eigenvalue weighted by atomic mass is 10.2. The van der Waals surface area contributed by atoms with Gasteiger partial charge >= 0.3 is 6.03 Å². The lowest BCUT2D eigenvalue weighted by Gasteiger charge is -2.13. The molecule has 106 valence electrons. The van der Waals surface area contributed by atoms with Crippen molar-refractivity contribution in [2.24, 2.45) is 0 Å². The Morgan fingerprint density at radius 2 is 1.80 bits per heavy atom. The predicted octanol–water partition coefficient (Wildman–Crippen LogP) is 3.00. The van der Waals surface area contributed by atoms with Crippen LogP contribution < -0.4 is 15.5 Å². The molecule has 1 aromatic heterocycles. The van der Waals surface area contributed by atoms with Crippen LogP contribution in [0.3, 0.4) is 0 Å². The van der Waals surface area contributed by atoms with Gasteiger partial charge in [0.1, 0.15) is 11.4 Å². The molecule has 0 unspecified atom stereocenters. The molecule has 0 saturated heterocycles. The third-order valence-electron chi connectivity index (χ3n) is 2.91. The zero-order chi connectivity index (χ0) is 14.7. The molecule has 0 aliphatic carbocycles. The van der Waals surface area contributed by atoms with Crippen LogP contribution in [0.2, 0.25) is 0 Å². The standard InChI is InChI=1S/C14H18N4O2/c1-9-13(10(2)20-17-9)16-14(19)15-11-5-7-12(8-6-11)18(3)4/h5-8H,1-4H3,(H2,15,16,19). The molecule has 0 atom stereocenters. The van der Waals surface area contributed by atoms with Crippen molar-refractivity contribution in [3.63, 3.8) is 0 Å². The van der Waals surface area contributed by atoms with E-state index in [4.69, 9.17) is 4.52 Å². The minimum Gasteiger partial charge on any atom is -0.378 e. The van der Waals surface area contributed by atoms with E-state index in [-0.39, 0.29) is 6.03 Å². The molecule has 1 aromatic carbocycles. The van der Waals surface area contributed by atoms with Crippen molar-refractivity contribution in [1.29, 1.82) is 0 Å². The Kier molecular flexibility index (Phi) is 3.93. The number of carbonyl (C=O) groups is 1. The third kappa shape index (κ3) is 3.09. The molecule has 2 amide bonds. The number of rotatable bonds is 3. The number of carbonyl (C=O) groups excluding carboxylic acids is 1. The van der Waals surface area contributed by atoms with E-state index < -0.39 is 0 Å². The number of aromatic nitrogens is 1. The van der Waals surface area contributed by atoms with Gasteiger partial charge in [-0.3, -0.25) is 0 Å². The van der Waals surface area contributed by atoms with Gasteiger partial charge in [0.25, 0.3) is 0 Å². The highest BCUT2D eigenvalue weighted by molar-refractivity contribution is 6.00. The summed E-state index contributed by atoms with van der Waals surface area (Å²) in [6.07, 6.45) is 0. The minimum absolute atomic E-state index is 0.322. The lowest BCUT2D eigenvalue weighted by molar-refractivity contribution is 0.262. The highest BCUT2D eigenvalue weighted by Crippen LogP contribution is 2.20. The summed E-state index contributed by atoms with van der Waals surface area (Å²) >= 11 is 0. The number of nitrogens with one attached hydrogen (secondary N) is 2. The summed E-state index contributed by atoms with van der Waals surface area (Å²) in [6, 6.07) is 7.25. The molecule has 2 aromatic rings. The first-order valence-corrected chi connectivity index (χ1v) is 6.25. The Balaban J connectivity index is 2.01. The molecule has 2 rings (SSSR count). The Morgan fingerprint density at radius 3 is 2.30 bits per heavy atom. The average Bonchev–Trinajstić information content (AvgIpc) is 2.71. The van der Waals surface area contributed by atoms with Crippen molar-refractivity contribution in [2.45, 2.75) is 13.8 Å². The fraction of sp³-hybridized carbons (Fsp3) is 0.286. The smallest absolute Gasteiger partial charge is 0.323 e. The van der Waals surface area contributed by atoms with E-state index in [1.807, 2.05) is 43.3 Å². The maximum absolute atomic E-state index is 11.9. The number of hydrogen-bond acceptors (Lipinski definition) is 4. The van der Waals surface area contributed by atoms with E-state index in [1.165, 1.54) is 0 Å². The number of hydrogen-bond donors (Lipinski definition) is 2. The topological polar surface area (TPSA) is 70.4 Å². The van der Waals surface area contributed by atoms with E-state index in [9.17, 15) is 4.79 Å². The monoisotopic (exact) mass is 274 g/mol. The van der Waals surface area contributed by atoms with Gasteiger partial charge in [-0.1, -0.05) is 5.16 Å². The van der Waals surface area contributed by atoms with Gasteiger partial charge < -0.3 is 20.1 Å². The van der Waals surface area contributed by atoms with Gasteiger partial charge in [-0.15, -0.1) is 0 Å². The molecule has 0 spiro atoms. The maximum atomic E-state index is 11.9. The third-order valence-corrected chi connectivity index (χ3v) is 2.91. The van der Waals surface area contributed by atoms with E-state index in [2.05, 4.69) is 15.8 Å². The number of aryl methyl sites for hydroxylation is 2. The fourth-order valence-corrected chi connectivity index (χ4v) is 1.78. The summed E-state index contributed by atoms with van der Waals surface area (Å²) in [5, 5.41) is 9.27. The molecular formula is C14H18N4O2. The summed E-state index contributed by atoms with van der Waals surface area (Å²) in [7, 11) is 3.93. The van der Waals surface area contributed by atoms with Crippen molar-refractivity contribution in [2.75, 3.05) is 29.6 Å². The summed E-state index contributed by atoms with van der Waals surface area (Å²) < 4.78 is 4.99. The number of nitrogens with zero attached hydrogens (tertiary/aromatic N) is 2. The highest BCUT2D eigenvalue weighted by Gasteiger charge is 2.12. The highest BCUT2D eigenvalue weighted by atomic mass is 16.5. The van der Waals surface area contributed by atoms with Gasteiger partial charge in [-0.2, -0.15) is 0 Å². The van der Waals surface area contributed by atoms with Crippen molar-refractivity contribution >= 4 is 23.1 Å². The largest absolute Gasteiger partial charge is 0.378 e. The molecule has 0 radical (unpaired) electrons. The number of urea groups is 1. The van der Waals surface area contributed by atoms with Crippen LogP contribution in [0.1, 0.15) is 11.5 Å². The summed E-state index contributed by atoms with van der Waals surface area (Å²) in [5.74, 6) is 0.584. The fourth-order valence-electron chi connectivity index (χ4n) is 1.78. The number of benzene rings is 1. The quantitative estimate of drug-likeness (QED) is 0.902. The Hall–Kier alpha value is -2.50. The van der Waals surface area contributed by atoms with Crippen LogP contribution in [0.4, 0.5) is 21.9 Å². The van der Waals surface area contributed by atoms with Gasteiger partial charge in [0.05, 0.1) is 0 Å². The van der Waals surface area contributed by atoms with E-state index >= 15 is 0 Å². The summed E-state index contributed by atoms with van der Waals surface area (Å²) in [4.78, 5) is 13.9. The predicted molar refractivity (Wildman–Crippen MR) is 79.4 cm³/mol. The van der Waals surface area contributed by atoms with E-state index in [0.717, 1.165) is 11.4 Å². The molecular weight excluding hydrogens is 256 g/mol. The van der Waals surface area contributed by atoms with Gasteiger partial charge in [0.15, 0.2) is 5.76 Å². The molecule has 2 N–H and O–H groups in total. The van der Waals surface area contributed by atoms with Crippen molar-refractivity contribution in [3.05, 3.63) is 35.7 Å². The Morgan fingerprint density at radius 1 is 1.15 bits per heavy atom. The summed E-state index contributed by atoms with van der Waals surface area (Å²) in [5.41, 5.74) is 3.05. The minimum atomic E-state index is -0.322. The molecule has 20 heavy (non-hydrogen) atoms. The van der Waals surface area contributed by atoms with E-state index in [1.54, 1.807) is 13.8 Å². The molecule has 0 saturated carbocycles. The van der Waals surface area contributed by atoms with Crippen molar-refractivity contribution in [1.82, 2.24) is 5.16 Å². The van der Waals surface area contributed by atoms with E-state index in [0.29, 0.717) is 17.1 Å². The first-order valence-electron chi connectivity index (χ1n) is 6.25. The van der Waals surface area contributed by atoms with Crippen LogP contribution in [0, 0.1) is 13.8 Å². The van der Waals surface area contributed by atoms with Crippen LogP contribution in [0.15, 0.2) is 28.8 Å². The van der Waals surface area contributed by atoms with Crippen LogP contribution in [0.25, 0.3) is 0 Å². The van der Waals surface area contributed by atoms with Crippen molar-refractivity contribution < 1.29 is 9.32 Å². The maximum Gasteiger partial charge on any atom is 0.323 e. The molecule has 0 bridgehead atoms. The van der Waals surface area contributed by atoms with Crippen LogP contribution in [0.5, 0.6) is 0 Å². The lowest BCUT2D eigenvalue weighted by Crippen LogP contribution is -2.20. The zero-order valence-corrected chi connectivity index (χ0v) is 12.0. The van der Waals surface area contributed by atoms with Gasteiger partial charge in [0.2, 0.25) is 0 Å². The van der Waals surface area contributed by atoms with Crippen LogP contribution in [-0.4, -0.2) is 25.3 Å². The Labute approximate surface area is 117 Å². The number of amides is 2. The molecule has 6 heteroatoms. The first kappa shape index (κ1) is 13.9. The van der Waals surface area contributed by atoms with Crippen LogP contribution >= 0.6 is 0 Å². The van der Waals surface area contributed by atoms with Gasteiger partial charge in [0, 0.05) is 25.5 Å². The van der Waals surface area contributed by atoms with Gasteiger partial charge in [-0.25, -0.2) is 4.79 Å². The van der Waals surface area contributed by atoms with Gasteiger partial charge in [-0.05, 0) is 38.1 Å². The molecule has 6 nitrogen and oxygen atoms in total. The second-order valence-electron chi connectivity index (χ2n) is 4.72. The Bertz CT molecular complexity index is 583. The average molecular weight is 274 g/mol. The normalized spacial score (nSPS) is 10.2. The second-order valence-corrected chi connectivity index (χ2v) is 4.72. The molecule has 0 aliphatic rings. The van der Waals surface area contributed by atoms with Crippen LogP contribution in [-0.2, 0) is 0 Å². The zero-order valence-electron chi connectivity index (χ0n) is 12.0. The van der Waals surface area contributed by atoms with Crippen molar-refractivity contribution in [3.8, 4) is 0 Å². The SMILES string of the molecule is Cc1noc(C)c1NC(=O)Nc1ccc(N(C)C)cc1. The molecule has 0 aliphatic heterocycles.